The molecule has 0 aliphatic heterocycles. The molecule has 1 aromatic carbocycles. The quantitative estimate of drug-likeness (QED) is 0.550. The third-order valence-electron chi connectivity index (χ3n) is 4.46. The number of hydrogen-bond acceptors (Lipinski definition) is 4. The minimum absolute atomic E-state index is 0.120. The number of aromatic nitrogens is 3. The van der Waals surface area contributed by atoms with Crippen molar-refractivity contribution in [2.75, 3.05) is 0 Å². The zero-order valence-corrected chi connectivity index (χ0v) is 15.7. The lowest BCUT2D eigenvalue weighted by molar-refractivity contribution is 0.309. The Morgan fingerprint density at radius 3 is 2.69 bits per heavy atom. The van der Waals surface area contributed by atoms with Crippen molar-refractivity contribution in [2.45, 2.75) is 20.5 Å². The van der Waals surface area contributed by atoms with E-state index in [9.17, 15) is 4.79 Å². The van der Waals surface area contributed by atoms with E-state index in [0.717, 1.165) is 27.2 Å². The highest BCUT2D eigenvalue weighted by atomic mass is 32.1. The van der Waals surface area contributed by atoms with Crippen LogP contribution in [0.3, 0.4) is 0 Å². The Hall–Kier alpha value is -2.86. The fourth-order valence-electron chi connectivity index (χ4n) is 2.94. The Balaban J connectivity index is 1.61. The van der Waals surface area contributed by atoms with E-state index in [1.54, 1.807) is 22.1 Å². The number of fused-ring (bicyclic) bond motifs is 1. The summed E-state index contributed by atoms with van der Waals surface area (Å²) in [5.74, 6) is 0.580. The predicted octanol–water partition coefficient (Wildman–Crippen LogP) is 3.98. The first-order valence-electron chi connectivity index (χ1n) is 8.36. The van der Waals surface area contributed by atoms with E-state index >= 15 is 0 Å². The molecule has 0 aliphatic carbocycles. The SMILES string of the molecule is Cc1ccc(COc2ccn(-c3ccc4nn(C)c(C)c4c3)c(=O)c2)s1. The van der Waals surface area contributed by atoms with Gasteiger partial charge in [0.15, 0.2) is 0 Å². The Morgan fingerprint density at radius 1 is 1.12 bits per heavy atom. The number of ether oxygens (including phenoxy) is 1. The molecule has 132 valence electrons. The van der Waals surface area contributed by atoms with E-state index in [1.165, 1.54) is 10.9 Å². The largest absolute Gasteiger partial charge is 0.488 e. The molecule has 0 atom stereocenters. The molecule has 4 rings (SSSR count). The van der Waals surface area contributed by atoms with Crippen LogP contribution >= 0.6 is 11.3 Å². The van der Waals surface area contributed by atoms with E-state index in [0.29, 0.717) is 12.4 Å². The lowest BCUT2D eigenvalue weighted by Gasteiger charge is -2.08. The van der Waals surface area contributed by atoms with E-state index in [-0.39, 0.29) is 5.56 Å². The lowest BCUT2D eigenvalue weighted by Crippen LogP contribution is -2.16. The molecule has 6 heteroatoms. The standard InChI is InChI=1S/C20H19N3O2S/c1-13-4-6-17(26-13)12-25-16-8-9-23(20(24)11-16)15-5-7-19-18(10-15)14(2)22(3)21-19/h4-11H,12H2,1-3H3. The van der Waals surface area contributed by atoms with Gasteiger partial charge in [0.25, 0.3) is 5.56 Å². The molecule has 0 saturated heterocycles. The van der Waals surface area contributed by atoms with E-state index < -0.39 is 0 Å². The van der Waals surface area contributed by atoms with Crippen molar-refractivity contribution in [3.63, 3.8) is 0 Å². The van der Waals surface area contributed by atoms with E-state index in [4.69, 9.17) is 4.74 Å². The maximum atomic E-state index is 12.5. The summed E-state index contributed by atoms with van der Waals surface area (Å²) in [5, 5.41) is 5.50. The number of thiophene rings is 1. The van der Waals surface area contributed by atoms with E-state index in [2.05, 4.69) is 18.1 Å². The average Bonchev–Trinajstić information content (AvgIpc) is 3.16. The van der Waals surface area contributed by atoms with Crippen molar-refractivity contribution in [3.8, 4) is 11.4 Å². The van der Waals surface area contributed by atoms with Crippen LogP contribution in [0.15, 0.2) is 53.5 Å². The molecule has 0 aliphatic rings. The van der Waals surface area contributed by atoms with Crippen molar-refractivity contribution >= 4 is 22.2 Å². The highest BCUT2D eigenvalue weighted by Gasteiger charge is 2.08. The van der Waals surface area contributed by atoms with Crippen molar-refractivity contribution in [2.24, 2.45) is 7.05 Å². The van der Waals surface area contributed by atoms with Gasteiger partial charge in [-0.15, -0.1) is 11.3 Å². The number of hydrogen-bond donors (Lipinski definition) is 0. The Bertz CT molecular complexity index is 1150. The van der Waals surface area contributed by atoms with E-state index in [1.807, 2.05) is 49.0 Å². The Morgan fingerprint density at radius 2 is 1.96 bits per heavy atom. The van der Waals surface area contributed by atoms with Gasteiger partial charge in [0.05, 0.1) is 5.52 Å². The second-order valence-corrected chi connectivity index (χ2v) is 7.65. The summed E-state index contributed by atoms with van der Waals surface area (Å²) in [6.45, 7) is 4.56. The summed E-state index contributed by atoms with van der Waals surface area (Å²) in [5.41, 5.74) is 2.69. The number of pyridine rings is 1. The number of nitrogens with zero attached hydrogens (tertiary/aromatic N) is 3. The van der Waals surface area contributed by atoms with Crippen LogP contribution in [0.2, 0.25) is 0 Å². The van der Waals surface area contributed by atoms with Gasteiger partial charge < -0.3 is 4.74 Å². The Kier molecular flexibility index (Phi) is 4.12. The van der Waals surface area contributed by atoms with Crippen LogP contribution in [-0.2, 0) is 13.7 Å². The molecular weight excluding hydrogens is 346 g/mol. The molecule has 3 aromatic heterocycles. The van der Waals surface area contributed by atoms with Gasteiger partial charge in [-0.3, -0.25) is 14.0 Å². The first-order valence-corrected chi connectivity index (χ1v) is 9.17. The van der Waals surface area contributed by atoms with Crippen LogP contribution in [0.1, 0.15) is 15.4 Å². The maximum absolute atomic E-state index is 12.5. The van der Waals surface area contributed by atoms with Gasteiger partial charge in [0.1, 0.15) is 12.4 Å². The monoisotopic (exact) mass is 365 g/mol. The predicted molar refractivity (Wildman–Crippen MR) is 104 cm³/mol. The summed E-state index contributed by atoms with van der Waals surface area (Å²) >= 11 is 1.70. The van der Waals surface area contributed by atoms with Crippen LogP contribution in [-0.4, -0.2) is 14.3 Å². The molecular formula is C20H19N3O2S. The third kappa shape index (κ3) is 3.04. The van der Waals surface area contributed by atoms with Crippen LogP contribution in [0.25, 0.3) is 16.6 Å². The molecule has 3 heterocycles. The molecule has 0 N–H and O–H groups in total. The fraction of sp³-hybridized carbons (Fsp3) is 0.200. The maximum Gasteiger partial charge on any atom is 0.258 e. The molecule has 0 unspecified atom stereocenters. The highest BCUT2D eigenvalue weighted by molar-refractivity contribution is 7.11. The normalized spacial score (nSPS) is 11.2. The van der Waals surface area contributed by atoms with Crippen LogP contribution in [0, 0.1) is 13.8 Å². The third-order valence-corrected chi connectivity index (χ3v) is 5.43. The van der Waals surface area contributed by atoms with Gasteiger partial charge in [-0.05, 0) is 50.2 Å². The van der Waals surface area contributed by atoms with Crippen molar-refractivity contribution in [1.29, 1.82) is 0 Å². The smallest absolute Gasteiger partial charge is 0.258 e. The van der Waals surface area contributed by atoms with Crippen LogP contribution in [0.5, 0.6) is 5.75 Å². The molecule has 0 saturated carbocycles. The summed E-state index contributed by atoms with van der Waals surface area (Å²) < 4.78 is 9.22. The van der Waals surface area contributed by atoms with Crippen molar-refractivity contribution in [1.82, 2.24) is 14.3 Å². The van der Waals surface area contributed by atoms with Crippen LogP contribution in [0.4, 0.5) is 0 Å². The molecule has 4 aromatic rings. The fourth-order valence-corrected chi connectivity index (χ4v) is 3.75. The van der Waals surface area contributed by atoms with Gasteiger partial charge in [-0.2, -0.15) is 5.10 Å². The summed E-state index contributed by atoms with van der Waals surface area (Å²) in [4.78, 5) is 14.9. The summed E-state index contributed by atoms with van der Waals surface area (Å²) in [6.07, 6.45) is 1.75. The van der Waals surface area contributed by atoms with Gasteiger partial charge in [0.2, 0.25) is 0 Å². The molecule has 0 spiro atoms. The molecule has 0 radical (unpaired) electrons. The highest BCUT2D eigenvalue weighted by Crippen LogP contribution is 2.21. The first kappa shape index (κ1) is 16.6. The number of aryl methyl sites for hydroxylation is 3. The molecule has 0 fully saturated rings. The van der Waals surface area contributed by atoms with Gasteiger partial charge >= 0.3 is 0 Å². The summed E-state index contributed by atoms with van der Waals surface area (Å²) in [6, 6.07) is 13.3. The minimum Gasteiger partial charge on any atom is -0.488 e. The lowest BCUT2D eigenvalue weighted by atomic mass is 10.2. The summed E-state index contributed by atoms with van der Waals surface area (Å²) in [7, 11) is 1.92. The second-order valence-electron chi connectivity index (χ2n) is 6.28. The molecule has 26 heavy (non-hydrogen) atoms. The molecule has 0 bridgehead atoms. The van der Waals surface area contributed by atoms with Crippen LogP contribution < -0.4 is 10.3 Å². The zero-order chi connectivity index (χ0) is 18.3. The number of benzene rings is 1. The molecule has 5 nitrogen and oxygen atoms in total. The second kappa shape index (κ2) is 6.46. The average molecular weight is 365 g/mol. The Labute approximate surface area is 155 Å². The zero-order valence-electron chi connectivity index (χ0n) is 14.9. The van der Waals surface area contributed by atoms with Gasteiger partial charge in [0, 0.05) is 45.8 Å². The minimum atomic E-state index is -0.120. The topological polar surface area (TPSA) is 49.0 Å². The van der Waals surface area contributed by atoms with Crippen molar-refractivity contribution in [3.05, 3.63) is 74.5 Å². The molecule has 0 amide bonds. The van der Waals surface area contributed by atoms with Crippen molar-refractivity contribution < 1.29 is 4.74 Å². The van der Waals surface area contributed by atoms with Gasteiger partial charge in [-0.25, -0.2) is 0 Å². The van der Waals surface area contributed by atoms with Gasteiger partial charge in [-0.1, -0.05) is 0 Å². The number of rotatable bonds is 4. The first-order chi connectivity index (χ1) is 12.5.